The van der Waals surface area contributed by atoms with Crippen molar-refractivity contribution >= 4 is 5.91 Å². The molecule has 0 spiro atoms. The summed E-state index contributed by atoms with van der Waals surface area (Å²) >= 11 is 0. The summed E-state index contributed by atoms with van der Waals surface area (Å²) in [7, 11) is 6.32. The predicted molar refractivity (Wildman–Crippen MR) is 100 cm³/mol. The quantitative estimate of drug-likeness (QED) is 0.752. The van der Waals surface area contributed by atoms with E-state index in [0.29, 0.717) is 18.3 Å². The van der Waals surface area contributed by atoms with Gasteiger partial charge in [0.2, 0.25) is 0 Å². The van der Waals surface area contributed by atoms with Gasteiger partial charge in [-0.3, -0.25) is 4.79 Å². The minimum atomic E-state index is -0.00686. The lowest BCUT2D eigenvalue weighted by Gasteiger charge is -2.37. The molecular formula is C19H29N5O2. The molecule has 1 saturated heterocycles. The Morgan fingerprint density at radius 2 is 2.15 bits per heavy atom. The monoisotopic (exact) mass is 359 g/mol. The Labute approximate surface area is 155 Å². The summed E-state index contributed by atoms with van der Waals surface area (Å²) in [5.74, 6) is 1.19. The van der Waals surface area contributed by atoms with Crippen molar-refractivity contribution in [2.75, 3.05) is 47.3 Å². The maximum absolute atomic E-state index is 12.8. The first-order chi connectivity index (χ1) is 12.5. The molecule has 7 heteroatoms. The van der Waals surface area contributed by atoms with E-state index in [9.17, 15) is 4.79 Å². The molecule has 142 valence electrons. The van der Waals surface area contributed by atoms with E-state index >= 15 is 0 Å². The van der Waals surface area contributed by atoms with Crippen molar-refractivity contribution in [2.45, 2.75) is 25.4 Å². The van der Waals surface area contributed by atoms with E-state index in [2.05, 4.69) is 35.9 Å². The third kappa shape index (κ3) is 4.74. The van der Waals surface area contributed by atoms with Gasteiger partial charge in [-0.1, -0.05) is 0 Å². The number of hydrogen-bond acceptors (Lipinski definition) is 5. The highest BCUT2D eigenvalue weighted by Crippen LogP contribution is 2.19. The standard InChI is InChI=1S/C19H29N5O2/c1-21(2)11-12-22(3)16-5-4-9-24(13-16)19(25)18-7-6-17(26-18)14-23-10-8-20-15-23/h6-8,10,15-16H,4-5,9,11-14H2,1-3H3/t16-/m0/s1. The molecular weight excluding hydrogens is 330 g/mol. The van der Waals surface area contributed by atoms with Gasteiger partial charge in [0.1, 0.15) is 5.76 Å². The number of aromatic nitrogens is 2. The van der Waals surface area contributed by atoms with E-state index < -0.39 is 0 Å². The van der Waals surface area contributed by atoms with Crippen LogP contribution in [0, 0.1) is 0 Å². The highest BCUT2D eigenvalue weighted by Gasteiger charge is 2.28. The fraction of sp³-hybridized carbons (Fsp3) is 0.579. The first-order valence-electron chi connectivity index (χ1n) is 9.21. The highest BCUT2D eigenvalue weighted by atomic mass is 16.4. The molecule has 3 heterocycles. The van der Waals surface area contributed by atoms with Gasteiger partial charge in [0.25, 0.3) is 5.91 Å². The zero-order valence-corrected chi connectivity index (χ0v) is 16.0. The summed E-state index contributed by atoms with van der Waals surface area (Å²) in [6.45, 7) is 4.18. The summed E-state index contributed by atoms with van der Waals surface area (Å²) in [4.78, 5) is 23.3. The van der Waals surface area contributed by atoms with Crippen LogP contribution in [0.1, 0.15) is 29.2 Å². The van der Waals surface area contributed by atoms with Gasteiger partial charge in [-0.25, -0.2) is 4.98 Å². The maximum atomic E-state index is 12.8. The number of hydrogen-bond donors (Lipinski definition) is 0. The Morgan fingerprint density at radius 3 is 2.88 bits per heavy atom. The summed E-state index contributed by atoms with van der Waals surface area (Å²) in [5.41, 5.74) is 0. The minimum Gasteiger partial charge on any atom is -0.454 e. The number of rotatable bonds is 7. The van der Waals surface area contributed by atoms with Crippen LogP contribution in [0.3, 0.4) is 0 Å². The van der Waals surface area contributed by atoms with Crippen LogP contribution in [0.4, 0.5) is 0 Å². The molecule has 2 aromatic heterocycles. The number of imidazole rings is 1. The normalized spacial score (nSPS) is 18.0. The Balaban J connectivity index is 1.58. The largest absolute Gasteiger partial charge is 0.454 e. The molecule has 1 aliphatic heterocycles. The number of likely N-dealkylation sites (tertiary alicyclic amines) is 1. The summed E-state index contributed by atoms with van der Waals surface area (Å²) in [6.07, 6.45) is 7.52. The molecule has 0 aliphatic carbocycles. The molecule has 1 amide bonds. The van der Waals surface area contributed by atoms with Crippen LogP contribution in [-0.2, 0) is 6.54 Å². The Kier molecular flexibility index (Phi) is 6.11. The molecule has 1 atom stereocenters. The third-order valence-electron chi connectivity index (χ3n) is 4.98. The molecule has 0 aromatic carbocycles. The van der Waals surface area contributed by atoms with Crippen molar-refractivity contribution in [1.82, 2.24) is 24.3 Å². The summed E-state index contributed by atoms with van der Waals surface area (Å²) in [6, 6.07) is 4.07. The molecule has 7 nitrogen and oxygen atoms in total. The number of carbonyl (C=O) groups is 1. The summed E-state index contributed by atoms with van der Waals surface area (Å²) in [5, 5.41) is 0. The van der Waals surface area contributed by atoms with Crippen molar-refractivity contribution in [3.05, 3.63) is 42.4 Å². The van der Waals surface area contributed by atoms with Crippen LogP contribution in [0.15, 0.2) is 35.3 Å². The number of piperidine rings is 1. The molecule has 0 unspecified atom stereocenters. The van der Waals surface area contributed by atoms with Gasteiger partial charge in [0.15, 0.2) is 5.76 Å². The second kappa shape index (κ2) is 8.51. The molecule has 26 heavy (non-hydrogen) atoms. The Bertz CT molecular complexity index is 695. The molecule has 1 aliphatic rings. The maximum Gasteiger partial charge on any atom is 0.289 e. The Hall–Kier alpha value is -2.12. The third-order valence-corrected chi connectivity index (χ3v) is 4.98. The number of amides is 1. The van der Waals surface area contributed by atoms with Crippen molar-refractivity contribution in [3.8, 4) is 0 Å². The second-order valence-electron chi connectivity index (χ2n) is 7.33. The van der Waals surface area contributed by atoms with Crippen molar-refractivity contribution in [3.63, 3.8) is 0 Å². The lowest BCUT2D eigenvalue weighted by molar-refractivity contribution is 0.0572. The lowest BCUT2D eigenvalue weighted by Crippen LogP contribution is -2.49. The number of furan rings is 1. The van der Waals surface area contributed by atoms with Crippen molar-refractivity contribution in [1.29, 1.82) is 0 Å². The van der Waals surface area contributed by atoms with Crippen LogP contribution < -0.4 is 0 Å². The number of nitrogens with zero attached hydrogens (tertiary/aromatic N) is 5. The first kappa shape index (κ1) is 18.7. The molecule has 0 radical (unpaired) electrons. The van der Waals surface area contributed by atoms with Crippen LogP contribution >= 0.6 is 0 Å². The predicted octanol–water partition coefficient (Wildman–Crippen LogP) is 1.62. The van der Waals surface area contributed by atoms with E-state index in [-0.39, 0.29) is 5.91 Å². The van der Waals surface area contributed by atoms with Crippen molar-refractivity contribution in [2.24, 2.45) is 0 Å². The SMILES string of the molecule is CN(C)CCN(C)[C@H]1CCCN(C(=O)c2ccc(Cn3ccnc3)o2)C1. The molecule has 0 bridgehead atoms. The van der Waals surface area contributed by atoms with Gasteiger partial charge in [-0.2, -0.15) is 0 Å². The van der Waals surface area contributed by atoms with Gasteiger partial charge in [-0.05, 0) is 46.1 Å². The molecule has 3 rings (SSSR count). The molecule has 2 aromatic rings. The van der Waals surface area contributed by atoms with Gasteiger partial charge < -0.3 is 23.7 Å². The zero-order chi connectivity index (χ0) is 18.5. The van der Waals surface area contributed by atoms with Crippen molar-refractivity contribution < 1.29 is 9.21 Å². The van der Waals surface area contributed by atoms with E-state index in [1.54, 1.807) is 18.6 Å². The molecule has 1 fully saturated rings. The lowest BCUT2D eigenvalue weighted by atomic mass is 10.0. The smallest absolute Gasteiger partial charge is 0.289 e. The summed E-state index contributed by atoms with van der Waals surface area (Å²) < 4.78 is 7.71. The average Bonchev–Trinajstić information content (AvgIpc) is 3.31. The average molecular weight is 359 g/mol. The van der Waals surface area contributed by atoms with Gasteiger partial charge in [0.05, 0.1) is 12.9 Å². The van der Waals surface area contributed by atoms with Gasteiger partial charge >= 0.3 is 0 Å². The first-order valence-corrected chi connectivity index (χ1v) is 9.21. The van der Waals surface area contributed by atoms with Gasteiger partial charge in [-0.15, -0.1) is 0 Å². The number of carbonyl (C=O) groups excluding carboxylic acids is 1. The van der Waals surface area contributed by atoms with Crippen LogP contribution in [0.2, 0.25) is 0 Å². The second-order valence-corrected chi connectivity index (χ2v) is 7.33. The van der Waals surface area contributed by atoms with Crippen LogP contribution in [0.5, 0.6) is 0 Å². The topological polar surface area (TPSA) is 57.8 Å². The number of likely N-dealkylation sites (N-methyl/N-ethyl adjacent to an activating group) is 2. The van der Waals surface area contributed by atoms with Crippen LogP contribution in [-0.4, -0.2) is 83.5 Å². The Morgan fingerprint density at radius 1 is 1.31 bits per heavy atom. The minimum absolute atomic E-state index is 0.00686. The fourth-order valence-corrected chi connectivity index (χ4v) is 3.33. The molecule has 0 N–H and O–H groups in total. The van der Waals surface area contributed by atoms with E-state index in [1.165, 1.54) is 0 Å². The van der Waals surface area contributed by atoms with Crippen LogP contribution in [0.25, 0.3) is 0 Å². The fourth-order valence-electron chi connectivity index (χ4n) is 3.33. The van der Waals surface area contributed by atoms with E-state index in [0.717, 1.165) is 44.8 Å². The zero-order valence-electron chi connectivity index (χ0n) is 16.0. The van der Waals surface area contributed by atoms with E-state index in [4.69, 9.17) is 4.42 Å². The van der Waals surface area contributed by atoms with Gasteiger partial charge in [0, 0.05) is 44.6 Å². The van der Waals surface area contributed by atoms with E-state index in [1.807, 2.05) is 21.7 Å². The highest BCUT2D eigenvalue weighted by molar-refractivity contribution is 5.91. The molecule has 0 saturated carbocycles.